The number of anilines is 1. The van der Waals surface area contributed by atoms with Crippen molar-refractivity contribution in [2.24, 2.45) is 5.41 Å². The van der Waals surface area contributed by atoms with Crippen LogP contribution in [0.15, 0.2) is 18.2 Å². The fraction of sp³-hybridized carbons (Fsp3) is 0.632. The lowest BCUT2D eigenvalue weighted by atomic mass is 9.78. The van der Waals surface area contributed by atoms with Crippen molar-refractivity contribution in [2.75, 3.05) is 31.1 Å². The number of piperidine rings is 1. The van der Waals surface area contributed by atoms with Crippen molar-refractivity contribution in [3.8, 4) is 0 Å². The number of benzene rings is 1. The molecule has 0 radical (unpaired) electrons. The van der Waals surface area contributed by atoms with Crippen molar-refractivity contribution in [1.82, 2.24) is 4.90 Å². The van der Waals surface area contributed by atoms with Gasteiger partial charge in [0.05, 0.1) is 0 Å². The molecule has 1 spiro atoms. The molecule has 2 saturated heterocycles. The molecule has 0 unspecified atom stereocenters. The first kappa shape index (κ1) is 18.0. The van der Waals surface area contributed by atoms with E-state index in [1.807, 2.05) is 20.8 Å². The zero-order chi connectivity index (χ0) is 18.2. The smallest absolute Gasteiger partial charge is 0.410 e. The summed E-state index contributed by atoms with van der Waals surface area (Å²) in [6.45, 7) is 8.62. The molecule has 3 rings (SSSR count). The lowest BCUT2D eigenvalue weighted by molar-refractivity contribution is 0.0122. The van der Waals surface area contributed by atoms with E-state index in [1.165, 1.54) is 12.1 Å². The summed E-state index contributed by atoms with van der Waals surface area (Å²) in [6.07, 6.45) is 2.57. The topological polar surface area (TPSA) is 32.8 Å². The first-order valence-corrected chi connectivity index (χ1v) is 8.85. The molecule has 1 aromatic carbocycles. The van der Waals surface area contributed by atoms with Gasteiger partial charge in [0.1, 0.15) is 5.60 Å². The minimum Gasteiger partial charge on any atom is -0.444 e. The molecule has 2 aliphatic heterocycles. The molecule has 2 heterocycles. The monoisotopic (exact) mass is 352 g/mol. The second-order valence-electron chi connectivity index (χ2n) is 8.24. The number of hydrogen-bond donors (Lipinski definition) is 0. The Balaban J connectivity index is 1.59. The van der Waals surface area contributed by atoms with Crippen LogP contribution in [0, 0.1) is 17.0 Å². The van der Waals surface area contributed by atoms with Crippen molar-refractivity contribution >= 4 is 11.8 Å². The van der Waals surface area contributed by atoms with E-state index in [-0.39, 0.29) is 11.5 Å². The van der Waals surface area contributed by atoms with E-state index in [0.717, 1.165) is 38.0 Å². The van der Waals surface area contributed by atoms with E-state index in [4.69, 9.17) is 4.74 Å². The van der Waals surface area contributed by atoms with E-state index < -0.39 is 17.2 Å². The van der Waals surface area contributed by atoms with Gasteiger partial charge in [0.25, 0.3) is 0 Å². The van der Waals surface area contributed by atoms with E-state index in [0.29, 0.717) is 13.1 Å². The van der Waals surface area contributed by atoms with Crippen molar-refractivity contribution in [2.45, 2.75) is 45.6 Å². The number of amides is 1. The summed E-state index contributed by atoms with van der Waals surface area (Å²) in [6, 6.07) is 4.08. The maximum atomic E-state index is 13.5. The number of carbonyl (C=O) groups excluding carboxylic acids is 1. The van der Waals surface area contributed by atoms with Crippen molar-refractivity contribution < 1.29 is 18.3 Å². The van der Waals surface area contributed by atoms with Gasteiger partial charge in [-0.05, 0) is 57.6 Å². The second kappa shape index (κ2) is 6.46. The first-order valence-electron chi connectivity index (χ1n) is 8.85. The number of rotatable bonds is 1. The lowest BCUT2D eigenvalue weighted by Crippen LogP contribution is -2.46. The van der Waals surface area contributed by atoms with Crippen LogP contribution in [0.5, 0.6) is 0 Å². The zero-order valence-corrected chi connectivity index (χ0v) is 15.1. The van der Waals surface area contributed by atoms with Crippen LogP contribution in [0.4, 0.5) is 19.3 Å². The van der Waals surface area contributed by atoms with E-state index in [1.54, 1.807) is 11.0 Å². The van der Waals surface area contributed by atoms with Crippen LogP contribution in [0.1, 0.15) is 40.0 Å². The molecule has 138 valence electrons. The SMILES string of the molecule is CC(C)(C)OC(=O)N1CCC2(CC1)CCN(c1ccc(F)c(F)c1)C2. The molecule has 6 heteroatoms. The van der Waals surface area contributed by atoms with Gasteiger partial charge in [-0.15, -0.1) is 0 Å². The average molecular weight is 352 g/mol. The first-order chi connectivity index (χ1) is 11.7. The largest absolute Gasteiger partial charge is 0.444 e. The normalized spacial score (nSPS) is 20.2. The van der Waals surface area contributed by atoms with Gasteiger partial charge < -0.3 is 14.5 Å². The van der Waals surface area contributed by atoms with Gasteiger partial charge in [-0.25, -0.2) is 13.6 Å². The van der Waals surface area contributed by atoms with E-state index in [9.17, 15) is 13.6 Å². The quantitative estimate of drug-likeness (QED) is 0.760. The highest BCUT2D eigenvalue weighted by atomic mass is 19.2. The number of halogens is 2. The standard InChI is InChI=1S/C19H26F2N2O2/c1-18(2,3)25-17(24)22-9-6-19(7-10-22)8-11-23(13-19)14-4-5-15(20)16(21)12-14/h4-5,12H,6-11,13H2,1-3H3. The van der Waals surface area contributed by atoms with Crippen LogP contribution < -0.4 is 4.90 Å². The van der Waals surface area contributed by atoms with Crippen LogP contribution in [0.3, 0.4) is 0 Å². The predicted molar refractivity (Wildman–Crippen MR) is 92.7 cm³/mol. The number of likely N-dealkylation sites (tertiary alicyclic amines) is 1. The van der Waals surface area contributed by atoms with Gasteiger partial charge >= 0.3 is 6.09 Å². The van der Waals surface area contributed by atoms with Crippen LogP contribution in [0.25, 0.3) is 0 Å². The molecule has 0 aromatic heterocycles. The fourth-order valence-electron chi connectivity index (χ4n) is 3.74. The molecule has 0 atom stereocenters. The Bertz CT molecular complexity index is 649. The molecule has 2 aliphatic rings. The van der Waals surface area contributed by atoms with Crippen LogP contribution >= 0.6 is 0 Å². The molecule has 25 heavy (non-hydrogen) atoms. The summed E-state index contributed by atoms with van der Waals surface area (Å²) in [4.78, 5) is 16.1. The van der Waals surface area contributed by atoms with Gasteiger partial charge in [-0.2, -0.15) is 0 Å². The van der Waals surface area contributed by atoms with Crippen LogP contribution in [0.2, 0.25) is 0 Å². The molecule has 1 amide bonds. The lowest BCUT2D eigenvalue weighted by Gasteiger charge is -2.39. The minimum atomic E-state index is -0.816. The van der Waals surface area contributed by atoms with Crippen molar-refractivity contribution in [1.29, 1.82) is 0 Å². The highest BCUT2D eigenvalue weighted by Gasteiger charge is 2.42. The Morgan fingerprint density at radius 1 is 1.08 bits per heavy atom. The van der Waals surface area contributed by atoms with Gasteiger partial charge in [0, 0.05) is 37.9 Å². The molecule has 2 fully saturated rings. The number of hydrogen-bond acceptors (Lipinski definition) is 3. The Labute approximate surface area is 147 Å². The molecular weight excluding hydrogens is 326 g/mol. The summed E-state index contributed by atoms with van der Waals surface area (Å²) >= 11 is 0. The highest BCUT2D eigenvalue weighted by molar-refractivity contribution is 5.68. The molecule has 0 aliphatic carbocycles. The number of nitrogens with zero attached hydrogens (tertiary/aromatic N) is 2. The van der Waals surface area contributed by atoms with E-state index in [2.05, 4.69) is 4.90 Å². The maximum absolute atomic E-state index is 13.5. The zero-order valence-electron chi connectivity index (χ0n) is 15.1. The summed E-state index contributed by atoms with van der Waals surface area (Å²) in [5.41, 5.74) is 0.386. The molecule has 0 bridgehead atoms. The summed E-state index contributed by atoms with van der Waals surface area (Å²) < 4.78 is 32.1. The van der Waals surface area contributed by atoms with Crippen molar-refractivity contribution in [3.63, 3.8) is 0 Å². The molecule has 0 N–H and O–H groups in total. The summed E-state index contributed by atoms with van der Waals surface area (Å²) in [5, 5.41) is 0. The molecule has 0 saturated carbocycles. The van der Waals surface area contributed by atoms with E-state index >= 15 is 0 Å². The highest BCUT2D eigenvalue weighted by Crippen LogP contribution is 2.42. The fourth-order valence-corrected chi connectivity index (χ4v) is 3.74. The van der Waals surface area contributed by atoms with Gasteiger partial charge in [-0.3, -0.25) is 0 Å². The predicted octanol–water partition coefficient (Wildman–Crippen LogP) is 4.19. The maximum Gasteiger partial charge on any atom is 0.410 e. The average Bonchev–Trinajstić information content (AvgIpc) is 2.93. The Morgan fingerprint density at radius 3 is 2.32 bits per heavy atom. The van der Waals surface area contributed by atoms with Gasteiger partial charge in [-0.1, -0.05) is 0 Å². The molecule has 1 aromatic rings. The van der Waals surface area contributed by atoms with Crippen LogP contribution in [-0.4, -0.2) is 42.8 Å². The van der Waals surface area contributed by atoms with Gasteiger partial charge in [0.2, 0.25) is 0 Å². The minimum absolute atomic E-state index is 0.142. The molecular formula is C19H26F2N2O2. The third-order valence-corrected chi connectivity index (χ3v) is 5.18. The Kier molecular flexibility index (Phi) is 4.64. The third kappa shape index (κ3) is 4.05. The number of carbonyl (C=O) groups is 1. The number of ether oxygens (including phenoxy) is 1. The molecule has 4 nitrogen and oxygen atoms in total. The third-order valence-electron chi connectivity index (χ3n) is 5.18. The second-order valence-corrected chi connectivity index (χ2v) is 8.24. The van der Waals surface area contributed by atoms with Crippen LogP contribution in [-0.2, 0) is 4.74 Å². The van der Waals surface area contributed by atoms with Gasteiger partial charge in [0.15, 0.2) is 11.6 Å². The Morgan fingerprint density at radius 2 is 1.72 bits per heavy atom. The summed E-state index contributed by atoms with van der Waals surface area (Å²) in [7, 11) is 0. The Hall–Kier alpha value is -1.85. The van der Waals surface area contributed by atoms with Crippen molar-refractivity contribution in [3.05, 3.63) is 29.8 Å². The summed E-state index contributed by atoms with van der Waals surface area (Å²) in [5.74, 6) is -1.62.